The molecular formula is C16H28N4OS. The maximum absolute atomic E-state index is 5.72. The molecule has 0 saturated carbocycles. The first kappa shape index (κ1) is 17.2. The zero-order chi connectivity index (χ0) is 15.9. The van der Waals surface area contributed by atoms with E-state index in [1.54, 1.807) is 11.3 Å². The van der Waals surface area contributed by atoms with Crippen LogP contribution in [-0.2, 0) is 11.3 Å². The van der Waals surface area contributed by atoms with Crippen molar-refractivity contribution in [3.63, 3.8) is 0 Å². The van der Waals surface area contributed by atoms with Crippen molar-refractivity contribution in [2.75, 3.05) is 26.2 Å². The Kier molecular flexibility index (Phi) is 6.64. The average Bonchev–Trinajstić information content (AvgIpc) is 2.83. The Morgan fingerprint density at radius 3 is 2.64 bits per heavy atom. The number of aliphatic imine (C=N–C) groups is 1. The van der Waals surface area contributed by atoms with E-state index in [2.05, 4.69) is 42.9 Å². The molecule has 1 fully saturated rings. The number of nitrogens with zero attached hydrogens (tertiary/aromatic N) is 3. The molecule has 0 radical (unpaired) electrons. The molecule has 1 aromatic heterocycles. The predicted octanol–water partition coefficient (Wildman–Crippen LogP) is 2.73. The minimum absolute atomic E-state index is 0.411. The molecule has 0 aromatic carbocycles. The normalized spacial score (nSPS) is 17.1. The number of hydrogen-bond acceptors (Lipinski definition) is 4. The summed E-state index contributed by atoms with van der Waals surface area (Å²) in [6.45, 7) is 12.7. The average molecular weight is 324 g/mol. The summed E-state index contributed by atoms with van der Waals surface area (Å²) in [5.41, 5.74) is 1.12. The Morgan fingerprint density at radius 1 is 1.36 bits per heavy atom. The lowest BCUT2D eigenvalue weighted by Gasteiger charge is -2.34. The van der Waals surface area contributed by atoms with Crippen LogP contribution in [-0.4, -0.2) is 48.2 Å². The molecule has 1 N–H and O–H groups in total. The van der Waals surface area contributed by atoms with Gasteiger partial charge in [0.25, 0.3) is 0 Å². The quantitative estimate of drug-likeness (QED) is 0.668. The van der Waals surface area contributed by atoms with Crippen LogP contribution in [0.1, 0.15) is 42.3 Å². The molecule has 6 heteroatoms. The van der Waals surface area contributed by atoms with Gasteiger partial charge in [0.15, 0.2) is 5.96 Å². The monoisotopic (exact) mass is 324 g/mol. The molecule has 1 aliphatic rings. The molecule has 0 spiro atoms. The largest absolute Gasteiger partial charge is 0.378 e. The molecule has 1 aliphatic heterocycles. The third kappa shape index (κ3) is 4.68. The second-order valence-corrected chi connectivity index (χ2v) is 6.85. The zero-order valence-electron chi connectivity index (χ0n) is 14.2. The molecule has 2 heterocycles. The minimum atomic E-state index is 0.411. The topological polar surface area (TPSA) is 49.8 Å². The van der Waals surface area contributed by atoms with Crippen LogP contribution in [0.2, 0.25) is 0 Å². The van der Waals surface area contributed by atoms with E-state index in [0.29, 0.717) is 12.6 Å². The van der Waals surface area contributed by atoms with Crippen LogP contribution in [0.4, 0.5) is 0 Å². The van der Waals surface area contributed by atoms with E-state index in [1.165, 1.54) is 4.88 Å². The second kappa shape index (κ2) is 8.48. The van der Waals surface area contributed by atoms with Gasteiger partial charge in [-0.05, 0) is 40.5 Å². The number of likely N-dealkylation sites (tertiary alicyclic amines) is 1. The lowest BCUT2D eigenvalue weighted by atomic mass is 10.1. The third-order valence-electron chi connectivity index (χ3n) is 3.92. The number of thiazole rings is 1. The first-order valence-electron chi connectivity index (χ1n) is 8.21. The van der Waals surface area contributed by atoms with Crippen molar-refractivity contribution in [1.82, 2.24) is 15.2 Å². The summed E-state index contributed by atoms with van der Waals surface area (Å²) in [6, 6.07) is 0. The van der Waals surface area contributed by atoms with Crippen LogP contribution in [0, 0.1) is 13.8 Å². The maximum atomic E-state index is 5.72. The van der Waals surface area contributed by atoms with Gasteiger partial charge in [0.2, 0.25) is 0 Å². The first-order valence-corrected chi connectivity index (χ1v) is 9.03. The van der Waals surface area contributed by atoms with Crippen molar-refractivity contribution in [2.24, 2.45) is 4.99 Å². The van der Waals surface area contributed by atoms with Crippen molar-refractivity contribution < 1.29 is 4.74 Å². The summed E-state index contributed by atoms with van der Waals surface area (Å²) in [7, 11) is 0. The Balaban J connectivity index is 1.95. The van der Waals surface area contributed by atoms with Gasteiger partial charge in [-0.25, -0.2) is 9.98 Å². The number of guanidine groups is 1. The number of rotatable bonds is 5. The molecule has 0 amide bonds. The van der Waals surface area contributed by atoms with E-state index in [1.807, 2.05) is 0 Å². The smallest absolute Gasteiger partial charge is 0.194 e. The fourth-order valence-electron chi connectivity index (χ4n) is 2.65. The maximum Gasteiger partial charge on any atom is 0.194 e. The molecule has 22 heavy (non-hydrogen) atoms. The summed E-state index contributed by atoms with van der Waals surface area (Å²) in [5.74, 6) is 1.00. The number of piperidine rings is 1. The van der Waals surface area contributed by atoms with E-state index in [9.17, 15) is 0 Å². The number of hydrogen-bond donors (Lipinski definition) is 1. The van der Waals surface area contributed by atoms with Crippen molar-refractivity contribution in [3.05, 3.63) is 15.6 Å². The molecule has 2 rings (SSSR count). The lowest BCUT2D eigenvalue weighted by molar-refractivity contribution is 0.0263. The summed E-state index contributed by atoms with van der Waals surface area (Å²) in [4.78, 5) is 13.0. The van der Waals surface area contributed by atoms with E-state index in [-0.39, 0.29) is 0 Å². The summed E-state index contributed by atoms with van der Waals surface area (Å²) in [6.07, 6.45) is 2.56. The Labute approximate surface area is 137 Å². The fourth-order valence-corrected chi connectivity index (χ4v) is 3.50. The first-order chi connectivity index (χ1) is 10.6. The standard InChI is InChI=1S/C16H28N4OS/c1-5-17-16(18-11-15-19-12(3)13(4)22-15)20-9-7-14(8-10-20)21-6-2/h14H,5-11H2,1-4H3,(H,17,18). The van der Waals surface area contributed by atoms with Gasteiger partial charge in [-0.2, -0.15) is 0 Å². The third-order valence-corrected chi connectivity index (χ3v) is 4.97. The van der Waals surface area contributed by atoms with E-state index >= 15 is 0 Å². The van der Waals surface area contributed by atoms with Gasteiger partial charge in [0, 0.05) is 31.1 Å². The number of aryl methyl sites for hydroxylation is 2. The highest BCUT2D eigenvalue weighted by molar-refractivity contribution is 7.11. The van der Waals surface area contributed by atoms with Crippen LogP contribution in [0.3, 0.4) is 0 Å². The number of nitrogens with one attached hydrogen (secondary N) is 1. The number of aromatic nitrogens is 1. The Hall–Kier alpha value is -1.14. The zero-order valence-corrected chi connectivity index (χ0v) is 15.0. The van der Waals surface area contributed by atoms with Crippen LogP contribution in [0.15, 0.2) is 4.99 Å². The lowest BCUT2D eigenvalue weighted by Crippen LogP contribution is -2.47. The van der Waals surface area contributed by atoms with E-state index in [4.69, 9.17) is 9.73 Å². The molecular weight excluding hydrogens is 296 g/mol. The molecule has 0 aliphatic carbocycles. The molecule has 124 valence electrons. The highest BCUT2D eigenvalue weighted by atomic mass is 32.1. The van der Waals surface area contributed by atoms with Crippen LogP contribution < -0.4 is 5.32 Å². The van der Waals surface area contributed by atoms with Crippen LogP contribution in [0.5, 0.6) is 0 Å². The highest BCUT2D eigenvalue weighted by Crippen LogP contribution is 2.18. The molecule has 0 unspecified atom stereocenters. The Morgan fingerprint density at radius 2 is 2.09 bits per heavy atom. The fraction of sp³-hybridized carbons (Fsp3) is 0.750. The number of ether oxygens (including phenoxy) is 1. The SMILES string of the molecule is CCNC(=NCc1nc(C)c(C)s1)N1CCC(OCC)CC1. The van der Waals surface area contributed by atoms with Gasteiger partial charge >= 0.3 is 0 Å². The molecule has 5 nitrogen and oxygen atoms in total. The van der Waals surface area contributed by atoms with Gasteiger partial charge in [0.05, 0.1) is 18.3 Å². The van der Waals surface area contributed by atoms with Gasteiger partial charge in [0.1, 0.15) is 5.01 Å². The highest BCUT2D eigenvalue weighted by Gasteiger charge is 2.21. The van der Waals surface area contributed by atoms with Crippen molar-refractivity contribution >= 4 is 17.3 Å². The molecule has 0 bridgehead atoms. The van der Waals surface area contributed by atoms with Gasteiger partial charge in [-0.1, -0.05) is 0 Å². The Bertz CT molecular complexity index is 473. The van der Waals surface area contributed by atoms with Gasteiger partial charge < -0.3 is 15.0 Å². The van der Waals surface area contributed by atoms with Crippen molar-refractivity contribution in [1.29, 1.82) is 0 Å². The molecule has 1 saturated heterocycles. The van der Waals surface area contributed by atoms with Crippen molar-refractivity contribution in [2.45, 2.75) is 53.2 Å². The van der Waals surface area contributed by atoms with Gasteiger partial charge in [-0.15, -0.1) is 11.3 Å². The van der Waals surface area contributed by atoms with Crippen molar-refractivity contribution in [3.8, 4) is 0 Å². The summed E-state index contributed by atoms with van der Waals surface area (Å²) >= 11 is 1.74. The second-order valence-electron chi connectivity index (χ2n) is 5.56. The summed E-state index contributed by atoms with van der Waals surface area (Å²) in [5, 5.41) is 4.50. The van der Waals surface area contributed by atoms with Crippen LogP contribution in [0.25, 0.3) is 0 Å². The minimum Gasteiger partial charge on any atom is -0.378 e. The van der Waals surface area contributed by atoms with Gasteiger partial charge in [-0.3, -0.25) is 0 Å². The molecule has 1 aromatic rings. The predicted molar refractivity (Wildman–Crippen MR) is 92.6 cm³/mol. The van der Waals surface area contributed by atoms with E-state index < -0.39 is 0 Å². The van der Waals surface area contributed by atoms with E-state index in [0.717, 1.165) is 55.7 Å². The molecule has 0 atom stereocenters. The van der Waals surface area contributed by atoms with Crippen LogP contribution >= 0.6 is 11.3 Å². The summed E-state index contributed by atoms with van der Waals surface area (Å²) < 4.78 is 5.72.